The molecule has 3 N–H and O–H groups in total. The van der Waals surface area contributed by atoms with Gasteiger partial charge in [-0.05, 0) is 42.5 Å². The molecule has 3 rings (SSSR count). The zero-order valence-corrected chi connectivity index (χ0v) is 17.9. The second-order valence-corrected chi connectivity index (χ2v) is 9.52. The summed E-state index contributed by atoms with van der Waals surface area (Å²) in [7, 11) is 0. The molecule has 7 nitrogen and oxygen atoms in total. The summed E-state index contributed by atoms with van der Waals surface area (Å²) in [6, 6.07) is 6.38. The molecule has 29 heavy (non-hydrogen) atoms. The largest absolute Gasteiger partial charge is 0.465 e. The van der Waals surface area contributed by atoms with Crippen LogP contribution in [0.15, 0.2) is 24.3 Å². The molecule has 2 heterocycles. The number of aliphatic hydroxyl groups is 1. The number of piperidine rings is 1. The summed E-state index contributed by atoms with van der Waals surface area (Å²) in [4.78, 5) is 27.5. The molecule has 0 saturated carbocycles. The van der Waals surface area contributed by atoms with E-state index in [0.717, 1.165) is 12.8 Å². The highest BCUT2D eigenvalue weighted by atomic mass is 35.5. The van der Waals surface area contributed by atoms with Crippen LogP contribution >= 0.6 is 11.6 Å². The first-order valence-corrected chi connectivity index (χ1v) is 10.4. The Morgan fingerprint density at radius 2 is 1.72 bits per heavy atom. The maximum absolute atomic E-state index is 12.7. The van der Waals surface area contributed by atoms with Crippen molar-refractivity contribution in [1.82, 2.24) is 15.1 Å². The fourth-order valence-electron chi connectivity index (χ4n) is 4.53. The standard InChI is InChI=1S/C21H30ClN3O4/c1-21(2,3)18-17(16(26)12-25(18)20(28)29)23-15-8-10-24(11-9-15)19(27)13-4-6-14(22)7-5-13/h4-7,15-18,23,26H,8-12H2,1-3H3,(H,28,29). The Kier molecular flexibility index (Phi) is 6.41. The fourth-order valence-corrected chi connectivity index (χ4v) is 4.66. The van der Waals surface area contributed by atoms with Crippen LogP contribution in [-0.4, -0.2) is 75.9 Å². The topological polar surface area (TPSA) is 93.1 Å². The Labute approximate surface area is 176 Å². The van der Waals surface area contributed by atoms with Gasteiger partial charge in [0, 0.05) is 29.7 Å². The third-order valence-electron chi connectivity index (χ3n) is 5.91. The quantitative estimate of drug-likeness (QED) is 0.695. The summed E-state index contributed by atoms with van der Waals surface area (Å²) in [5, 5.41) is 24.2. The summed E-state index contributed by atoms with van der Waals surface area (Å²) in [6.07, 6.45) is -0.236. The number of carbonyl (C=O) groups is 2. The molecule has 2 saturated heterocycles. The van der Waals surface area contributed by atoms with E-state index in [1.54, 1.807) is 24.3 Å². The monoisotopic (exact) mass is 423 g/mol. The van der Waals surface area contributed by atoms with Crippen LogP contribution in [-0.2, 0) is 0 Å². The molecule has 2 amide bonds. The average Bonchev–Trinajstić information content (AvgIpc) is 2.99. The summed E-state index contributed by atoms with van der Waals surface area (Å²) >= 11 is 5.89. The number of hydrogen-bond acceptors (Lipinski definition) is 4. The Bertz CT molecular complexity index is 741. The molecule has 0 aromatic heterocycles. The highest BCUT2D eigenvalue weighted by Crippen LogP contribution is 2.34. The van der Waals surface area contributed by atoms with E-state index in [1.807, 2.05) is 25.7 Å². The zero-order chi connectivity index (χ0) is 21.3. The summed E-state index contributed by atoms with van der Waals surface area (Å²) in [6.45, 7) is 7.33. The van der Waals surface area contributed by atoms with Gasteiger partial charge in [-0.15, -0.1) is 0 Å². The minimum absolute atomic E-state index is 0.00867. The van der Waals surface area contributed by atoms with Crippen molar-refractivity contribution in [3.63, 3.8) is 0 Å². The van der Waals surface area contributed by atoms with Crippen LogP contribution in [0, 0.1) is 5.41 Å². The molecule has 0 bridgehead atoms. The number of β-amino-alcohol motifs (C(OH)–C–C–N with tert-alkyl or cyclic N) is 1. The summed E-state index contributed by atoms with van der Waals surface area (Å²) in [5.74, 6) is -0.00867. The van der Waals surface area contributed by atoms with E-state index >= 15 is 0 Å². The van der Waals surface area contributed by atoms with Crippen molar-refractivity contribution in [3.8, 4) is 0 Å². The van der Waals surface area contributed by atoms with Gasteiger partial charge in [0.25, 0.3) is 5.91 Å². The van der Waals surface area contributed by atoms with Crippen LogP contribution in [0.2, 0.25) is 5.02 Å². The molecule has 0 spiro atoms. The minimum atomic E-state index is -1.00. The van der Waals surface area contributed by atoms with Crippen molar-refractivity contribution in [2.75, 3.05) is 19.6 Å². The van der Waals surface area contributed by atoms with Crippen LogP contribution < -0.4 is 5.32 Å². The lowest BCUT2D eigenvalue weighted by molar-refractivity contribution is 0.0662. The number of amides is 2. The van der Waals surface area contributed by atoms with Gasteiger partial charge in [0.05, 0.1) is 24.7 Å². The Morgan fingerprint density at radius 1 is 1.14 bits per heavy atom. The number of likely N-dealkylation sites (tertiary alicyclic amines) is 2. The second kappa shape index (κ2) is 8.50. The highest BCUT2D eigenvalue weighted by Gasteiger charge is 2.49. The third kappa shape index (κ3) is 4.85. The predicted octanol–water partition coefficient (Wildman–Crippen LogP) is 2.67. The van der Waals surface area contributed by atoms with Crippen molar-refractivity contribution in [2.24, 2.45) is 5.41 Å². The molecular formula is C21H30ClN3O4. The third-order valence-corrected chi connectivity index (χ3v) is 6.16. The molecule has 8 heteroatoms. The van der Waals surface area contributed by atoms with E-state index in [2.05, 4.69) is 5.32 Å². The van der Waals surface area contributed by atoms with Crippen LogP contribution in [0.25, 0.3) is 0 Å². The maximum atomic E-state index is 12.7. The number of carbonyl (C=O) groups excluding carboxylic acids is 1. The first-order chi connectivity index (χ1) is 13.6. The number of nitrogens with zero attached hydrogens (tertiary/aromatic N) is 2. The van der Waals surface area contributed by atoms with E-state index in [1.165, 1.54) is 4.90 Å². The Balaban J connectivity index is 1.61. The lowest BCUT2D eigenvalue weighted by atomic mass is 9.81. The van der Waals surface area contributed by atoms with Crippen molar-refractivity contribution in [1.29, 1.82) is 0 Å². The van der Waals surface area contributed by atoms with Gasteiger partial charge in [0.15, 0.2) is 0 Å². The lowest BCUT2D eigenvalue weighted by Crippen LogP contribution is -2.57. The Hall–Kier alpha value is -1.83. The maximum Gasteiger partial charge on any atom is 0.407 e. The molecule has 2 aliphatic rings. The van der Waals surface area contributed by atoms with E-state index < -0.39 is 12.2 Å². The minimum Gasteiger partial charge on any atom is -0.465 e. The smallest absolute Gasteiger partial charge is 0.407 e. The number of aliphatic hydroxyl groups excluding tert-OH is 1. The van der Waals surface area contributed by atoms with Gasteiger partial charge in [-0.25, -0.2) is 4.79 Å². The van der Waals surface area contributed by atoms with Gasteiger partial charge in [-0.3, -0.25) is 4.79 Å². The number of nitrogens with one attached hydrogen (secondary N) is 1. The van der Waals surface area contributed by atoms with Gasteiger partial charge in [0.2, 0.25) is 0 Å². The lowest BCUT2D eigenvalue weighted by Gasteiger charge is -2.40. The fraction of sp³-hybridized carbons (Fsp3) is 0.619. The van der Waals surface area contributed by atoms with Crippen molar-refractivity contribution >= 4 is 23.6 Å². The van der Waals surface area contributed by atoms with Crippen LogP contribution in [0.5, 0.6) is 0 Å². The number of halogens is 1. The average molecular weight is 424 g/mol. The van der Waals surface area contributed by atoms with E-state index in [-0.39, 0.29) is 36.0 Å². The molecule has 0 aliphatic carbocycles. The molecule has 1 aromatic carbocycles. The summed E-state index contributed by atoms with van der Waals surface area (Å²) < 4.78 is 0. The number of hydrogen-bond donors (Lipinski definition) is 3. The predicted molar refractivity (Wildman–Crippen MR) is 111 cm³/mol. The highest BCUT2D eigenvalue weighted by molar-refractivity contribution is 6.30. The molecule has 3 unspecified atom stereocenters. The molecule has 0 radical (unpaired) electrons. The molecule has 2 fully saturated rings. The number of benzene rings is 1. The molecule has 160 valence electrons. The van der Waals surface area contributed by atoms with Gasteiger partial charge in [-0.1, -0.05) is 32.4 Å². The van der Waals surface area contributed by atoms with E-state index in [0.29, 0.717) is 23.7 Å². The van der Waals surface area contributed by atoms with Crippen LogP contribution in [0.3, 0.4) is 0 Å². The zero-order valence-electron chi connectivity index (χ0n) is 17.1. The van der Waals surface area contributed by atoms with Crippen molar-refractivity contribution in [2.45, 2.75) is 57.8 Å². The van der Waals surface area contributed by atoms with Gasteiger partial charge in [0.1, 0.15) is 0 Å². The Morgan fingerprint density at radius 3 is 2.24 bits per heavy atom. The second-order valence-electron chi connectivity index (χ2n) is 9.08. The molecular weight excluding hydrogens is 394 g/mol. The van der Waals surface area contributed by atoms with Gasteiger partial charge >= 0.3 is 6.09 Å². The first-order valence-electron chi connectivity index (χ1n) is 10.1. The van der Waals surface area contributed by atoms with Crippen LogP contribution in [0.1, 0.15) is 44.0 Å². The molecule has 3 atom stereocenters. The van der Waals surface area contributed by atoms with Crippen molar-refractivity contribution < 1.29 is 19.8 Å². The molecule has 2 aliphatic heterocycles. The van der Waals surface area contributed by atoms with E-state index in [4.69, 9.17) is 11.6 Å². The molecule has 1 aromatic rings. The van der Waals surface area contributed by atoms with Crippen LogP contribution in [0.4, 0.5) is 4.79 Å². The SMILES string of the molecule is CC(C)(C)C1C(NC2CCN(C(=O)c3ccc(Cl)cc3)CC2)C(O)CN1C(=O)O. The summed E-state index contributed by atoms with van der Waals surface area (Å²) in [5.41, 5.74) is 0.315. The van der Waals surface area contributed by atoms with Gasteiger partial charge < -0.3 is 25.3 Å². The normalized spacial score (nSPS) is 26.0. The first kappa shape index (κ1) is 21.9. The number of carboxylic acid groups (broad SMARTS) is 1. The van der Waals surface area contributed by atoms with E-state index in [9.17, 15) is 19.8 Å². The van der Waals surface area contributed by atoms with Crippen molar-refractivity contribution in [3.05, 3.63) is 34.9 Å². The number of rotatable bonds is 3. The van der Waals surface area contributed by atoms with Gasteiger partial charge in [-0.2, -0.15) is 0 Å².